The van der Waals surface area contributed by atoms with E-state index in [-0.39, 0.29) is 7.43 Å². The normalized spacial score (nSPS) is 11.6. The lowest BCUT2D eigenvalue weighted by atomic mass is 9.99. The Balaban J connectivity index is 0.000000114. The number of fused-ring (bicyclic) bond motifs is 19. The molecule has 29 rings (SSSR count). The van der Waals surface area contributed by atoms with Crippen molar-refractivity contribution < 1.29 is 0 Å². The van der Waals surface area contributed by atoms with Crippen molar-refractivity contribution >= 4 is 159 Å². The zero-order chi connectivity index (χ0) is 97.2. The largest absolute Gasteiger partial charge is 0.309 e. The van der Waals surface area contributed by atoms with Gasteiger partial charge in [0.2, 0.25) is 17.8 Å². The van der Waals surface area contributed by atoms with Crippen LogP contribution in [0.3, 0.4) is 0 Å². The van der Waals surface area contributed by atoms with E-state index in [1.807, 2.05) is 91.0 Å². The Hall–Kier alpha value is -19.6. The van der Waals surface area contributed by atoms with Crippen LogP contribution in [0.1, 0.15) is 7.43 Å². The maximum atomic E-state index is 5.35. The highest BCUT2D eigenvalue weighted by Gasteiger charge is 2.42. The Labute approximate surface area is 855 Å². The van der Waals surface area contributed by atoms with Gasteiger partial charge in [0, 0.05) is 82.0 Å². The van der Waals surface area contributed by atoms with Crippen molar-refractivity contribution in [2.24, 2.45) is 0 Å². The van der Waals surface area contributed by atoms with Gasteiger partial charge in [-0.1, -0.05) is 462 Å². The van der Waals surface area contributed by atoms with Gasteiger partial charge in [-0.3, -0.25) is 13.7 Å². The van der Waals surface area contributed by atoms with Crippen molar-refractivity contribution in [2.75, 3.05) is 0 Å². The smallest absolute Gasteiger partial charge is 0.238 e. The van der Waals surface area contributed by atoms with Crippen LogP contribution >= 0.6 is 0 Å². The molecule has 0 atom stereocenters. The SMILES string of the molecule is C.c1ccc(-c2ccc(-c3nc(-n4c5ccccc5c5c6ccccc6ccc54)nc4ccccc34)cc2)cc1.c1ccc(-c2nc(-c3cccc([Si](c4ccccc4)(c4ccccc4)c4ccccc4)c3)nc(-n3c4ccccc4c4c5ccccc5ccc43)n2)cc1.c1ccc(-c2nc(-c3ccccc3)nc(-n3c4ccc(-c5ccc6c(c5)c5ccccc5n6-c5ccccc5)cc4c4c5ccccc5ccc43)n2)cc1. The zero-order valence-electron chi connectivity index (χ0n) is 79.7. The minimum absolute atomic E-state index is 0. The summed E-state index contributed by atoms with van der Waals surface area (Å²) in [6.07, 6.45) is 0. The fourth-order valence-electron chi connectivity index (χ4n) is 22.1. The van der Waals surface area contributed by atoms with Crippen LogP contribution in [0.5, 0.6) is 0 Å². The second-order valence-electron chi connectivity index (χ2n) is 37.2. The molecule has 0 aliphatic rings. The predicted octanol–water partition coefficient (Wildman–Crippen LogP) is 30.9. The molecule has 0 aliphatic heterocycles. The van der Waals surface area contributed by atoms with Gasteiger partial charge in [-0.05, 0) is 154 Å². The summed E-state index contributed by atoms with van der Waals surface area (Å²) < 4.78 is 8.98. The highest BCUT2D eigenvalue weighted by molar-refractivity contribution is 7.20. The molecule has 7 aromatic heterocycles. The first-order chi connectivity index (χ1) is 72.9. The van der Waals surface area contributed by atoms with Crippen LogP contribution in [0.4, 0.5) is 0 Å². The number of para-hydroxylation sites is 5. The minimum atomic E-state index is -2.78. The second-order valence-corrected chi connectivity index (χ2v) is 41.0. The molecule has 0 bridgehead atoms. The molecule has 696 valence electrons. The van der Waals surface area contributed by atoms with Crippen molar-refractivity contribution in [3.63, 3.8) is 0 Å². The van der Waals surface area contributed by atoms with Crippen molar-refractivity contribution in [3.05, 3.63) is 534 Å². The molecule has 148 heavy (non-hydrogen) atoms. The molecule has 0 saturated heterocycles. The number of hydrogen-bond acceptors (Lipinski definition) is 8. The van der Waals surface area contributed by atoms with E-state index in [4.69, 9.17) is 39.9 Å². The summed E-state index contributed by atoms with van der Waals surface area (Å²) in [5.74, 6) is 4.38. The number of aromatic nitrogens is 12. The van der Waals surface area contributed by atoms with E-state index in [0.717, 1.165) is 94.2 Å². The highest BCUT2D eigenvalue weighted by Crippen LogP contribution is 2.45. The van der Waals surface area contributed by atoms with Gasteiger partial charge in [0.1, 0.15) is 0 Å². The van der Waals surface area contributed by atoms with E-state index >= 15 is 0 Å². The molecule has 0 fully saturated rings. The van der Waals surface area contributed by atoms with E-state index in [9.17, 15) is 0 Å². The first-order valence-electron chi connectivity index (χ1n) is 49.7. The monoisotopic (exact) mass is 1910 g/mol. The molecule has 29 aromatic rings. The zero-order valence-corrected chi connectivity index (χ0v) is 80.7. The molecule has 7 heterocycles. The maximum Gasteiger partial charge on any atom is 0.238 e. The molecule has 0 spiro atoms. The Morgan fingerprint density at radius 2 is 0.453 bits per heavy atom. The number of hydrogen-bond donors (Lipinski definition) is 0. The van der Waals surface area contributed by atoms with Gasteiger partial charge in [-0.25, -0.2) is 19.9 Å². The van der Waals surface area contributed by atoms with Crippen LogP contribution in [0.2, 0.25) is 0 Å². The standard InChI is InChI=1S/C49H31N5.C49H34N4Si.C36H23N3.CH4/c1-4-15-33(16-5-1)47-50-48(34-17-6-2-7-18-34)52-49(51-47)54-44-28-26-36(31-41(44)46-38-21-11-10-14-32(38)24-29-45(46)54)35-25-27-43-40(30-35)39-22-12-13-23-42(39)53(43)37-19-8-3-9-20-37;1-5-19-36(20-6-1)47-50-48(52-49(51-47)53-44-31-16-15-30-43(44)46-42-29-14-13-18-35(42)32-33-45(46)53)37-21-17-28-41(34-37)54(38-22-7-2-8-23-38,39-24-9-3-10-25-39)40-26-11-4-12-27-40;1-2-10-24(11-3-1)25-18-20-27(21-19-25)35-29-14-6-8-16-31(29)37-36(38-35)39-32-17-9-7-15-30(32)34-28-13-5-4-12-26(28)22-23-33(34)39;/h1-31H;1-34H;1-23H;1H4. The Morgan fingerprint density at radius 3 is 0.905 bits per heavy atom. The van der Waals surface area contributed by atoms with Crippen molar-refractivity contribution in [1.29, 1.82) is 0 Å². The summed E-state index contributed by atoms with van der Waals surface area (Å²) in [6, 6.07) is 189. The highest BCUT2D eigenvalue weighted by atomic mass is 28.3. The maximum absolute atomic E-state index is 5.35. The molecule has 0 N–H and O–H groups in total. The lowest BCUT2D eigenvalue weighted by Gasteiger charge is -2.34. The molecular formula is C135H92N12Si. The van der Waals surface area contributed by atoms with Crippen LogP contribution in [0, 0.1) is 0 Å². The molecular weight excluding hydrogens is 1820 g/mol. The molecule has 12 nitrogen and oxygen atoms in total. The quantitative estimate of drug-likeness (QED) is 0.0734. The molecule has 22 aromatic carbocycles. The summed E-state index contributed by atoms with van der Waals surface area (Å²) >= 11 is 0. The Morgan fingerprint density at radius 1 is 0.155 bits per heavy atom. The topological polar surface area (TPSA) is 123 Å². The molecule has 0 saturated carbocycles. The predicted molar refractivity (Wildman–Crippen MR) is 617 cm³/mol. The molecule has 0 aliphatic carbocycles. The number of benzene rings is 22. The molecule has 0 unspecified atom stereocenters. The van der Waals surface area contributed by atoms with Gasteiger partial charge in [-0.15, -0.1) is 0 Å². The van der Waals surface area contributed by atoms with Gasteiger partial charge in [0.05, 0.1) is 55.3 Å². The second kappa shape index (κ2) is 37.7. The molecule has 0 amide bonds. The van der Waals surface area contributed by atoms with E-state index in [1.54, 1.807) is 0 Å². The Kier molecular flexibility index (Phi) is 22.6. The third-order valence-electron chi connectivity index (χ3n) is 28.8. The van der Waals surface area contributed by atoms with E-state index in [1.165, 1.54) is 118 Å². The fraction of sp³-hybridized carbons (Fsp3) is 0.00741. The van der Waals surface area contributed by atoms with Gasteiger partial charge in [-0.2, -0.15) is 19.9 Å². The fourth-order valence-corrected chi connectivity index (χ4v) is 26.9. The molecule has 13 heteroatoms. The summed E-state index contributed by atoms with van der Waals surface area (Å²) in [4.78, 5) is 41.4. The van der Waals surface area contributed by atoms with Crippen LogP contribution in [-0.2, 0) is 0 Å². The van der Waals surface area contributed by atoms with Crippen LogP contribution in [0.25, 0.3) is 233 Å². The lowest BCUT2D eigenvalue weighted by Crippen LogP contribution is -2.74. The van der Waals surface area contributed by atoms with Crippen molar-refractivity contribution in [3.8, 4) is 103 Å². The average Bonchev–Trinajstić information content (AvgIpc) is 1.41. The average molecular weight is 1910 g/mol. The van der Waals surface area contributed by atoms with E-state index in [2.05, 4.69) is 461 Å². The first kappa shape index (κ1) is 88.6. The third-order valence-corrected chi connectivity index (χ3v) is 33.5. The van der Waals surface area contributed by atoms with E-state index in [0.29, 0.717) is 41.1 Å². The Bertz CT molecular complexity index is 9950. The van der Waals surface area contributed by atoms with Gasteiger partial charge in [0.25, 0.3) is 0 Å². The van der Waals surface area contributed by atoms with Gasteiger partial charge in [0.15, 0.2) is 31.4 Å². The summed E-state index contributed by atoms with van der Waals surface area (Å²) in [6.45, 7) is 0. The number of rotatable bonds is 15. The van der Waals surface area contributed by atoms with E-state index < -0.39 is 8.07 Å². The molecule has 0 radical (unpaired) electrons. The van der Waals surface area contributed by atoms with Crippen molar-refractivity contribution in [1.82, 2.24) is 58.1 Å². The third kappa shape index (κ3) is 15.5. The summed E-state index contributed by atoms with van der Waals surface area (Å²) in [5, 5.41) is 23.1. The van der Waals surface area contributed by atoms with Gasteiger partial charge < -0.3 is 4.57 Å². The van der Waals surface area contributed by atoms with Crippen LogP contribution in [-0.4, -0.2) is 66.2 Å². The lowest BCUT2D eigenvalue weighted by molar-refractivity contribution is 0.953. The first-order valence-corrected chi connectivity index (χ1v) is 51.7. The summed E-state index contributed by atoms with van der Waals surface area (Å²) in [5.41, 5.74) is 21.3. The minimum Gasteiger partial charge on any atom is -0.309 e. The van der Waals surface area contributed by atoms with Crippen molar-refractivity contribution in [2.45, 2.75) is 7.43 Å². The number of nitrogens with zero attached hydrogens (tertiary/aromatic N) is 12. The van der Waals surface area contributed by atoms with Crippen LogP contribution in [0.15, 0.2) is 534 Å². The van der Waals surface area contributed by atoms with Crippen LogP contribution < -0.4 is 20.7 Å². The summed E-state index contributed by atoms with van der Waals surface area (Å²) in [7, 11) is -2.78. The van der Waals surface area contributed by atoms with Gasteiger partial charge >= 0.3 is 0 Å².